The Morgan fingerprint density at radius 2 is 2.27 bits per heavy atom. The van der Waals surface area contributed by atoms with Crippen LogP contribution in [0.3, 0.4) is 0 Å². The van der Waals surface area contributed by atoms with Crippen LogP contribution in [0.5, 0.6) is 0 Å². The Hall–Kier alpha value is -0.610. The molecule has 0 aromatic carbocycles. The predicted octanol–water partition coefficient (Wildman–Crippen LogP) is 2.19. The maximum Gasteiger partial charge on any atom is 0.185 e. The zero-order chi connectivity index (χ0) is 10.8. The number of rotatable bonds is 5. The van der Waals surface area contributed by atoms with Crippen molar-refractivity contribution in [3.63, 3.8) is 0 Å². The van der Waals surface area contributed by atoms with Gasteiger partial charge in [-0.2, -0.15) is 0 Å². The minimum absolute atomic E-state index is 0.130. The molecule has 84 valence electrons. The summed E-state index contributed by atoms with van der Waals surface area (Å²) in [5.41, 5.74) is 1.09. The number of hydrogen-bond acceptors (Lipinski definition) is 4. The fourth-order valence-corrected chi connectivity index (χ4v) is 2.69. The van der Waals surface area contributed by atoms with Crippen LogP contribution in [0.1, 0.15) is 36.8 Å². The predicted molar refractivity (Wildman–Crippen MR) is 63.5 cm³/mol. The molecule has 1 aliphatic carbocycles. The Morgan fingerprint density at radius 3 is 2.80 bits per heavy atom. The summed E-state index contributed by atoms with van der Waals surface area (Å²) in [5, 5.41) is 10.3. The fraction of sp³-hybridized carbons (Fsp3) is 0.727. The van der Waals surface area contributed by atoms with Gasteiger partial charge in [0, 0.05) is 13.1 Å². The van der Waals surface area contributed by atoms with E-state index in [0.29, 0.717) is 6.04 Å². The topological polar surface area (TPSA) is 36.4 Å². The molecule has 0 amide bonds. The lowest BCUT2D eigenvalue weighted by atomic mass is 10.2. The number of nitrogens with zero attached hydrogens (tertiary/aromatic N) is 2. The summed E-state index contributed by atoms with van der Waals surface area (Å²) in [6.07, 6.45) is 4.63. The summed E-state index contributed by atoms with van der Waals surface area (Å²) < 4.78 is 0. The van der Waals surface area contributed by atoms with E-state index in [2.05, 4.69) is 23.9 Å². The molecule has 0 unspecified atom stereocenters. The van der Waals surface area contributed by atoms with Gasteiger partial charge in [-0.3, -0.25) is 0 Å². The number of aliphatic hydroxyl groups excluding tert-OH is 1. The summed E-state index contributed by atoms with van der Waals surface area (Å²) in [6.45, 7) is 2.27. The normalized spacial score (nSPS) is 15.7. The van der Waals surface area contributed by atoms with E-state index in [0.717, 1.165) is 28.5 Å². The lowest BCUT2D eigenvalue weighted by molar-refractivity contribution is 0.284. The second-order valence-corrected chi connectivity index (χ2v) is 5.18. The van der Waals surface area contributed by atoms with Crippen LogP contribution in [0, 0.1) is 0 Å². The summed E-state index contributed by atoms with van der Waals surface area (Å²) in [7, 11) is 2.10. The number of anilines is 1. The molecule has 2 rings (SSSR count). The van der Waals surface area contributed by atoms with Crippen molar-refractivity contribution < 1.29 is 5.11 Å². The third-order valence-electron chi connectivity index (χ3n) is 2.79. The first-order chi connectivity index (χ1) is 7.26. The van der Waals surface area contributed by atoms with Crippen molar-refractivity contribution >= 4 is 16.5 Å². The van der Waals surface area contributed by atoms with Crippen molar-refractivity contribution in [1.82, 2.24) is 4.98 Å². The molecule has 0 aliphatic heterocycles. The lowest BCUT2D eigenvalue weighted by Crippen LogP contribution is -2.18. The second-order valence-electron chi connectivity index (χ2n) is 4.12. The monoisotopic (exact) mass is 226 g/mol. The van der Waals surface area contributed by atoms with Gasteiger partial charge in [-0.1, -0.05) is 24.7 Å². The van der Waals surface area contributed by atoms with Crippen LogP contribution in [0.4, 0.5) is 5.13 Å². The second kappa shape index (κ2) is 4.49. The summed E-state index contributed by atoms with van der Waals surface area (Å²) >= 11 is 1.64. The maximum absolute atomic E-state index is 9.25. The average molecular weight is 226 g/mol. The van der Waals surface area contributed by atoms with Crippen LogP contribution in [0.15, 0.2) is 0 Å². The third kappa shape index (κ3) is 2.32. The van der Waals surface area contributed by atoms with E-state index in [4.69, 9.17) is 0 Å². The van der Waals surface area contributed by atoms with Crippen LogP contribution in [0.25, 0.3) is 0 Å². The van der Waals surface area contributed by atoms with Gasteiger partial charge >= 0.3 is 0 Å². The first-order valence-electron chi connectivity index (χ1n) is 5.58. The molecule has 0 radical (unpaired) electrons. The SMILES string of the molecule is CCCc1nc(N(C)C2CC2)sc1CO. The van der Waals surface area contributed by atoms with Crippen molar-refractivity contribution in [3.8, 4) is 0 Å². The Morgan fingerprint density at radius 1 is 1.53 bits per heavy atom. The summed E-state index contributed by atoms with van der Waals surface area (Å²) in [4.78, 5) is 7.91. The van der Waals surface area contributed by atoms with Crippen LogP contribution in [-0.2, 0) is 13.0 Å². The van der Waals surface area contributed by atoms with Gasteiger partial charge in [-0.15, -0.1) is 0 Å². The molecule has 0 bridgehead atoms. The van der Waals surface area contributed by atoms with Crippen molar-refractivity contribution in [1.29, 1.82) is 0 Å². The maximum atomic E-state index is 9.25. The molecule has 0 saturated heterocycles. The van der Waals surface area contributed by atoms with Gasteiger partial charge in [0.05, 0.1) is 17.2 Å². The van der Waals surface area contributed by atoms with E-state index in [1.54, 1.807) is 11.3 Å². The highest BCUT2D eigenvalue weighted by Crippen LogP contribution is 2.34. The molecule has 3 nitrogen and oxygen atoms in total. The van der Waals surface area contributed by atoms with Crippen molar-refractivity contribution in [2.24, 2.45) is 0 Å². The van der Waals surface area contributed by atoms with Gasteiger partial charge in [-0.25, -0.2) is 4.98 Å². The van der Waals surface area contributed by atoms with Gasteiger partial charge in [-0.05, 0) is 19.3 Å². The number of aryl methyl sites for hydroxylation is 1. The number of hydrogen-bond donors (Lipinski definition) is 1. The molecule has 1 aromatic rings. The molecule has 15 heavy (non-hydrogen) atoms. The molecule has 1 fully saturated rings. The van der Waals surface area contributed by atoms with Gasteiger partial charge in [0.2, 0.25) is 0 Å². The smallest absolute Gasteiger partial charge is 0.185 e. The quantitative estimate of drug-likeness (QED) is 0.836. The molecule has 0 spiro atoms. The number of aromatic nitrogens is 1. The van der Waals surface area contributed by atoms with Crippen LogP contribution < -0.4 is 4.90 Å². The van der Waals surface area contributed by atoms with Gasteiger partial charge in [0.15, 0.2) is 5.13 Å². The van der Waals surface area contributed by atoms with E-state index < -0.39 is 0 Å². The standard InChI is InChI=1S/C11H18N2OS/c1-3-4-9-10(7-14)15-11(12-9)13(2)8-5-6-8/h8,14H,3-7H2,1-2H3. The minimum atomic E-state index is 0.130. The number of thiazole rings is 1. The summed E-state index contributed by atoms with van der Waals surface area (Å²) in [5.74, 6) is 0. The van der Waals surface area contributed by atoms with Gasteiger partial charge in [0.25, 0.3) is 0 Å². The van der Waals surface area contributed by atoms with E-state index in [9.17, 15) is 5.11 Å². The zero-order valence-electron chi connectivity index (χ0n) is 9.36. The Balaban J connectivity index is 2.17. The Bertz CT molecular complexity index is 333. The molecule has 1 aromatic heterocycles. The molecular formula is C11H18N2OS. The van der Waals surface area contributed by atoms with E-state index in [1.807, 2.05) is 0 Å². The molecule has 1 heterocycles. The van der Waals surface area contributed by atoms with Crippen molar-refractivity contribution in [3.05, 3.63) is 10.6 Å². The minimum Gasteiger partial charge on any atom is -0.391 e. The molecular weight excluding hydrogens is 208 g/mol. The Labute approximate surface area is 94.8 Å². The molecule has 1 aliphatic rings. The summed E-state index contributed by atoms with van der Waals surface area (Å²) in [6, 6.07) is 0.692. The highest BCUT2D eigenvalue weighted by Gasteiger charge is 2.28. The third-order valence-corrected chi connectivity index (χ3v) is 3.97. The van der Waals surface area contributed by atoms with E-state index >= 15 is 0 Å². The van der Waals surface area contributed by atoms with Crippen LogP contribution in [-0.4, -0.2) is 23.2 Å². The molecule has 0 atom stereocenters. The molecule has 1 saturated carbocycles. The molecule has 1 N–H and O–H groups in total. The van der Waals surface area contributed by atoms with Crippen molar-refractivity contribution in [2.75, 3.05) is 11.9 Å². The van der Waals surface area contributed by atoms with Crippen molar-refractivity contribution in [2.45, 2.75) is 45.3 Å². The van der Waals surface area contributed by atoms with Gasteiger partial charge in [0.1, 0.15) is 0 Å². The van der Waals surface area contributed by atoms with Crippen LogP contribution >= 0.6 is 11.3 Å². The van der Waals surface area contributed by atoms with E-state index in [1.165, 1.54) is 12.8 Å². The average Bonchev–Trinajstić information content (AvgIpc) is 3.00. The lowest BCUT2D eigenvalue weighted by Gasteiger charge is -2.13. The first-order valence-corrected chi connectivity index (χ1v) is 6.40. The van der Waals surface area contributed by atoms with Gasteiger partial charge < -0.3 is 10.0 Å². The largest absolute Gasteiger partial charge is 0.391 e. The van der Waals surface area contributed by atoms with Crippen LogP contribution in [0.2, 0.25) is 0 Å². The first kappa shape index (κ1) is 10.9. The zero-order valence-corrected chi connectivity index (χ0v) is 10.2. The fourth-order valence-electron chi connectivity index (χ4n) is 1.69. The highest BCUT2D eigenvalue weighted by atomic mass is 32.1. The number of aliphatic hydroxyl groups is 1. The van der Waals surface area contributed by atoms with E-state index in [-0.39, 0.29) is 6.61 Å². The highest BCUT2D eigenvalue weighted by molar-refractivity contribution is 7.15. The molecule has 4 heteroatoms. The Kier molecular flexibility index (Phi) is 3.26.